The molecule has 0 saturated heterocycles. The maximum atomic E-state index is 13.8. The molecule has 0 aliphatic carbocycles. The SMILES string of the molecule is Cc1cccc(OCC(=O)Nc2nc(-c3cc(F)ccc3F)cs2)c1. The molecule has 25 heavy (non-hydrogen) atoms. The van der Waals surface area contributed by atoms with Crippen molar-refractivity contribution in [1.82, 2.24) is 4.98 Å². The van der Waals surface area contributed by atoms with E-state index in [9.17, 15) is 13.6 Å². The van der Waals surface area contributed by atoms with E-state index in [4.69, 9.17) is 4.74 Å². The fourth-order valence-electron chi connectivity index (χ4n) is 2.16. The zero-order chi connectivity index (χ0) is 17.8. The Kier molecular flexibility index (Phi) is 5.04. The molecule has 1 aromatic heterocycles. The van der Waals surface area contributed by atoms with Crippen molar-refractivity contribution in [2.75, 3.05) is 11.9 Å². The van der Waals surface area contributed by atoms with E-state index in [1.54, 1.807) is 11.4 Å². The van der Waals surface area contributed by atoms with Crippen LogP contribution in [0.2, 0.25) is 0 Å². The molecular formula is C18H14F2N2O2S. The summed E-state index contributed by atoms with van der Waals surface area (Å²) in [6.45, 7) is 1.75. The Hall–Kier alpha value is -2.80. The summed E-state index contributed by atoms with van der Waals surface area (Å²) in [5, 5.41) is 4.42. The lowest BCUT2D eigenvalue weighted by Gasteiger charge is -2.06. The first-order valence-corrected chi connectivity index (χ1v) is 8.29. The number of hydrogen-bond acceptors (Lipinski definition) is 4. The summed E-state index contributed by atoms with van der Waals surface area (Å²) in [6, 6.07) is 10.5. The first-order chi connectivity index (χ1) is 12.0. The molecule has 0 aliphatic rings. The number of rotatable bonds is 5. The van der Waals surface area contributed by atoms with Gasteiger partial charge in [-0.1, -0.05) is 12.1 Å². The largest absolute Gasteiger partial charge is 0.484 e. The fraction of sp³-hybridized carbons (Fsp3) is 0.111. The number of thiazole rings is 1. The van der Waals surface area contributed by atoms with Crippen molar-refractivity contribution in [1.29, 1.82) is 0 Å². The van der Waals surface area contributed by atoms with Gasteiger partial charge < -0.3 is 4.74 Å². The summed E-state index contributed by atoms with van der Waals surface area (Å²) in [7, 11) is 0. The van der Waals surface area contributed by atoms with Gasteiger partial charge in [0.05, 0.1) is 5.69 Å². The van der Waals surface area contributed by atoms with Gasteiger partial charge in [0.25, 0.3) is 5.91 Å². The van der Waals surface area contributed by atoms with Gasteiger partial charge in [-0.2, -0.15) is 0 Å². The van der Waals surface area contributed by atoms with Gasteiger partial charge in [0.2, 0.25) is 0 Å². The lowest BCUT2D eigenvalue weighted by Crippen LogP contribution is -2.20. The van der Waals surface area contributed by atoms with Crippen molar-refractivity contribution in [2.24, 2.45) is 0 Å². The third kappa shape index (κ3) is 4.39. The Morgan fingerprint density at radius 3 is 2.88 bits per heavy atom. The zero-order valence-electron chi connectivity index (χ0n) is 13.3. The van der Waals surface area contributed by atoms with Crippen LogP contribution >= 0.6 is 11.3 Å². The maximum absolute atomic E-state index is 13.8. The van der Waals surface area contributed by atoms with Gasteiger partial charge in [-0.05, 0) is 42.8 Å². The number of hydrogen-bond donors (Lipinski definition) is 1. The molecule has 0 aliphatic heterocycles. The molecule has 1 heterocycles. The topological polar surface area (TPSA) is 51.2 Å². The molecule has 3 aromatic rings. The van der Waals surface area contributed by atoms with E-state index in [1.165, 1.54) is 0 Å². The minimum atomic E-state index is -0.577. The van der Waals surface area contributed by atoms with Crippen LogP contribution in [0.15, 0.2) is 47.8 Å². The van der Waals surface area contributed by atoms with Crippen LogP contribution in [0.25, 0.3) is 11.3 Å². The summed E-state index contributed by atoms with van der Waals surface area (Å²) in [4.78, 5) is 16.0. The molecule has 0 radical (unpaired) electrons. The average Bonchev–Trinajstić information content (AvgIpc) is 3.03. The van der Waals surface area contributed by atoms with E-state index >= 15 is 0 Å². The number of carbonyl (C=O) groups is 1. The molecule has 0 atom stereocenters. The van der Waals surface area contributed by atoms with E-state index in [0.717, 1.165) is 35.1 Å². The van der Waals surface area contributed by atoms with Crippen molar-refractivity contribution < 1.29 is 18.3 Å². The number of ether oxygens (including phenoxy) is 1. The van der Waals surface area contributed by atoms with Crippen LogP contribution in [-0.4, -0.2) is 17.5 Å². The highest BCUT2D eigenvalue weighted by Gasteiger charge is 2.12. The second kappa shape index (κ2) is 7.40. The highest BCUT2D eigenvalue weighted by atomic mass is 32.1. The van der Waals surface area contributed by atoms with Crippen LogP contribution in [0.4, 0.5) is 13.9 Å². The average molecular weight is 360 g/mol. The standard InChI is InChI=1S/C18H14F2N2O2S/c1-11-3-2-4-13(7-11)24-9-17(23)22-18-21-16(10-25-18)14-8-12(19)5-6-15(14)20/h2-8,10H,9H2,1H3,(H,21,22,23). The van der Waals surface area contributed by atoms with Crippen LogP contribution in [0.3, 0.4) is 0 Å². The van der Waals surface area contributed by atoms with Gasteiger partial charge >= 0.3 is 0 Å². The number of benzene rings is 2. The number of amides is 1. The lowest BCUT2D eigenvalue weighted by molar-refractivity contribution is -0.118. The predicted molar refractivity (Wildman–Crippen MR) is 92.8 cm³/mol. The molecule has 0 saturated carbocycles. The molecule has 0 spiro atoms. The quantitative estimate of drug-likeness (QED) is 0.733. The third-order valence-electron chi connectivity index (χ3n) is 3.31. The Balaban J connectivity index is 1.63. The number of nitrogens with zero attached hydrogens (tertiary/aromatic N) is 1. The first-order valence-electron chi connectivity index (χ1n) is 7.41. The van der Waals surface area contributed by atoms with E-state index in [2.05, 4.69) is 10.3 Å². The highest BCUT2D eigenvalue weighted by molar-refractivity contribution is 7.14. The molecule has 0 bridgehead atoms. The van der Waals surface area contributed by atoms with Crippen LogP contribution < -0.4 is 10.1 Å². The Bertz CT molecular complexity index is 912. The van der Waals surface area contributed by atoms with Crippen molar-refractivity contribution in [3.8, 4) is 17.0 Å². The van der Waals surface area contributed by atoms with Crippen molar-refractivity contribution in [3.63, 3.8) is 0 Å². The predicted octanol–water partition coefficient (Wildman–Crippen LogP) is 4.41. The maximum Gasteiger partial charge on any atom is 0.264 e. The molecule has 1 amide bonds. The number of anilines is 1. The number of aromatic nitrogens is 1. The zero-order valence-corrected chi connectivity index (χ0v) is 14.1. The van der Waals surface area contributed by atoms with Gasteiger partial charge in [-0.3, -0.25) is 10.1 Å². The molecule has 128 valence electrons. The first kappa shape index (κ1) is 17.0. The molecule has 7 heteroatoms. The van der Waals surface area contributed by atoms with Gasteiger partial charge in [-0.15, -0.1) is 11.3 Å². The molecule has 3 rings (SSSR count). The third-order valence-corrected chi connectivity index (χ3v) is 4.07. The number of halogens is 2. The van der Waals surface area contributed by atoms with Gasteiger partial charge in [0.1, 0.15) is 17.4 Å². The van der Waals surface area contributed by atoms with Crippen LogP contribution in [0.1, 0.15) is 5.56 Å². The van der Waals surface area contributed by atoms with Gasteiger partial charge in [0, 0.05) is 10.9 Å². The number of carbonyl (C=O) groups excluding carboxylic acids is 1. The van der Waals surface area contributed by atoms with Crippen LogP contribution in [-0.2, 0) is 4.79 Å². The van der Waals surface area contributed by atoms with Gasteiger partial charge in [-0.25, -0.2) is 13.8 Å². The minimum Gasteiger partial charge on any atom is -0.484 e. The Labute approximate surface area is 147 Å². The Morgan fingerprint density at radius 1 is 1.24 bits per heavy atom. The highest BCUT2D eigenvalue weighted by Crippen LogP contribution is 2.27. The minimum absolute atomic E-state index is 0.0489. The summed E-state index contributed by atoms with van der Waals surface area (Å²) in [6.07, 6.45) is 0. The molecular weight excluding hydrogens is 346 g/mol. The molecule has 1 N–H and O–H groups in total. The smallest absolute Gasteiger partial charge is 0.264 e. The summed E-state index contributed by atoms with van der Waals surface area (Å²) in [5.41, 5.74) is 1.34. The molecule has 0 unspecified atom stereocenters. The van der Waals surface area contributed by atoms with Crippen LogP contribution in [0.5, 0.6) is 5.75 Å². The molecule has 4 nitrogen and oxygen atoms in total. The molecule has 0 fully saturated rings. The van der Waals surface area contributed by atoms with E-state index in [1.807, 2.05) is 25.1 Å². The normalized spacial score (nSPS) is 10.5. The summed E-state index contributed by atoms with van der Waals surface area (Å²) in [5.74, 6) is -0.923. The lowest BCUT2D eigenvalue weighted by atomic mass is 10.1. The fourth-order valence-corrected chi connectivity index (χ4v) is 2.88. The van der Waals surface area contributed by atoms with E-state index in [0.29, 0.717) is 5.75 Å². The number of aryl methyl sites for hydroxylation is 1. The summed E-state index contributed by atoms with van der Waals surface area (Å²) < 4.78 is 32.4. The second-order valence-electron chi connectivity index (χ2n) is 5.32. The number of nitrogens with one attached hydrogen (secondary N) is 1. The second-order valence-corrected chi connectivity index (χ2v) is 6.17. The van der Waals surface area contributed by atoms with Crippen molar-refractivity contribution >= 4 is 22.4 Å². The van der Waals surface area contributed by atoms with Crippen molar-refractivity contribution in [2.45, 2.75) is 6.92 Å². The molecule has 2 aromatic carbocycles. The van der Waals surface area contributed by atoms with E-state index in [-0.39, 0.29) is 28.9 Å². The van der Waals surface area contributed by atoms with Crippen molar-refractivity contribution in [3.05, 3.63) is 65.0 Å². The van der Waals surface area contributed by atoms with Crippen LogP contribution in [0, 0.1) is 18.6 Å². The monoisotopic (exact) mass is 360 g/mol. The Morgan fingerprint density at radius 2 is 2.08 bits per heavy atom. The summed E-state index contributed by atoms with van der Waals surface area (Å²) >= 11 is 1.12. The van der Waals surface area contributed by atoms with E-state index < -0.39 is 11.6 Å². The van der Waals surface area contributed by atoms with Gasteiger partial charge in [0.15, 0.2) is 11.7 Å².